The summed E-state index contributed by atoms with van der Waals surface area (Å²) in [5.74, 6) is -1.27. The molecule has 3 heterocycles. The molecule has 0 radical (unpaired) electrons. The minimum absolute atomic E-state index is 0.0280. The van der Waals surface area contributed by atoms with Crippen LogP contribution in [0.3, 0.4) is 0 Å². The molecule has 158 valence electrons. The van der Waals surface area contributed by atoms with Gasteiger partial charge in [-0.3, -0.25) is 19.3 Å². The van der Waals surface area contributed by atoms with Gasteiger partial charge >= 0.3 is 0 Å². The number of benzene rings is 1. The summed E-state index contributed by atoms with van der Waals surface area (Å²) < 4.78 is 13.8. The van der Waals surface area contributed by atoms with Crippen molar-refractivity contribution in [1.29, 1.82) is 0 Å². The molecular weight excluding hydrogens is 457 g/mol. The average Bonchev–Trinajstić information content (AvgIpc) is 3.46. The summed E-state index contributed by atoms with van der Waals surface area (Å²) in [4.78, 5) is 43.4. The molecule has 0 saturated carbocycles. The molecule has 0 atom stereocenters. The second kappa shape index (κ2) is 9.13. The fraction of sp³-hybridized carbons (Fsp3) is 0.143. The van der Waals surface area contributed by atoms with Gasteiger partial charge in [-0.25, -0.2) is 9.37 Å². The lowest BCUT2D eigenvalue weighted by Crippen LogP contribution is -2.37. The van der Waals surface area contributed by atoms with Crippen molar-refractivity contribution >= 4 is 57.6 Å². The SMILES string of the molecule is Cc1nc(-c2ccsc2)sc1C(=O)NCCN1C(=O)S/C(=C\c2ccccc2F)C1=O. The largest absolute Gasteiger partial charge is 0.349 e. The van der Waals surface area contributed by atoms with Crippen LogP contribution in [0.1, 0.15) is 20.9 Å². The lowest BCUT2D eigenvalue weighted by atomic mass is 10.2. The summed E-state index contributed by atoms with van der Waals surface area (Å²) in [6, 6.07) is 7.97. The topological polar surface area (TPSA) is 79.4 Å². The summed E-state index contributed by atoms with van der Waals surface area (Å²) >= 11 is 3.61. The number of nitrogens with one attached hydrogen (secondary N) is 1. The third-order valence-corrected chi connectivity index (χ3v) is 7.25. The van der Waals surface area contributed by atoms with Crippen LogP contribution in [-0.2, 0) is 4.79 Å². The van der Waals surface area contributed by atoms with E-state index in [-0.39, 0.29) is 29.5 Å². The molecule has 2 aromatic heterocycles. The highest BCUT2D eigenvalue weighted by atomic mass is 32.2. The van der Waals surface area contributed by atoms with E-state index in [2.05, 4.69) is 10.3 Å². The molecule has 0 bridgehead atoms. The highest BCUT2D eigenvalue weighted by molar-refractivity contribution is 8.18. The number of aromatic nitrogens is 1. The van der Waals surface area contributed by atoms with Gasteiger partial charge in [-0.15, -0.1) is 11.3 Å². The quantitative estimate of drug-likeness (QED) is 0.521. The average molecular weight is 474 g/mol. The zero-order valence-electron chi connectivity index (χ0n) is 16.3. The molecule has 0 spiro atoms. The predicted octanol–water partition coefficient (Wildman–Crippen LogP) is 4.79. The van der Waals surface area contributed by atoms with Crippen molar-refractivity contribution in [2.24, 2.45) is 0 Å². The number of thiazole rings is 1. The Balaban J connectivity index is 1.37. The van der Waals surface area contributed by atoms with Gasteiger partial charge in [0.2, 0.25) is 0 Å². The molecule has 0 aliphatic carbocycles. The monoisotopic (exact) mass is 473 g/mol. The van der Waals surface area contributed by atoms with E-state index < -0.39 is 17.0 Å². The van der Waals surface area contributed by atoms with E-state index in [0.717, 1.165) is 27.2 Å². The number of hydrogen-bond donors (Lipinski definition) is 1. The van der Waals surface area contributed by atoms with Gasteiger partial charge in [-0.05, 0) is 42.3 Å². The van der Waals surface area contributed by atoms with E-state index in [0.29, 0.717) is 10.6 Å². The van der Waals surface area contributed by atoms with Crippen LogP contribution in [0, 0.1) is 12.7 Å². The molecule has 10 heteroatoms. The number of nitrogens with zero attached hydrogens (tertiary/aromatic N) is 2. The molecule has 1 aliphatic rings. The Hall–Kier alpha value is -2.82. The van der Waals surface area contributed by atoms with Crippen molar-refractivity contribution in [3.63, 3.8) is 0 Å². The lowest BCUT2D eigenvalue weighted by Gasteiger charge is -2.12. The van der Waals surface area contributed by atoms with Crippen LogP contribution in [0.5, 0.6) is 0 Å². The zero-order valence-corrected chi connectivity index (χ0v) is 18.7. The summed E-state index contributed by atoms with van der Waals surface area (Å²) in [6.45, 7) is 1.90. The summed E-state index contributed by atoms with van der Waals surface area (Å²) in [6.07, 6.45) is 1.37. The first-order valence-corrected chi connectivity index (χ1v) is 11.8. The fourth-order valence-corrected chi connectivity index (χ4v) is 5.45. The van der Waals surface area contributed by atoms with Crippen LogP contribution in [0.4, 0.5) is 9.18 Å². The number of halogens is 1. The van der Waals surface area contributed by atoms with Crippen LogP contribution >= 0.6 is 34.4 Å². The molecule has 1 fully saturated rings. The molecule has 1 saturated heterocycles. The van der Waals surface area contributed by atoms with E-state index in [9.17, 15) is 18.8 Å². The number of hydrogen-bond acceptors (Lipinski definition) is 7. The molecule has 3 aromatic rings. The highest BCUT2D eigenvalue weighted by Crippen LogP contribution is 2.32. The highest BCUT2D eigenvalue weighted by Gasteiger charge is 2.35. The van der Waals surface area contributed by atoms with Crippen LogP contribution in [-0.4, -0.2) is 40.0 Å². The van der Waals surface area contributed by atoms with Gasteiger partial charge in [-0.1, -0.05) is 18.2 Å². The van der Waals surface area contributed by atoms with Gasteiger partial charge < -0.3 is 5.32 Å². The molecule has 1 N–H and O–H groups in total. The molecule has 1 aliphatic heterocycles. The molecule has 0 unspecified atom stereocenters. The smallest absolute Gasteiger partial charge is 0.293 e. The van der Waals surface area contributed by atoms with E-state index in [1.54, 1.807) is 30.4 Å². The summed E-state index contributed by atoms with van der Waals surface area (Å²) in [5, 5.41) is 6.98. The Morgan fingerprint density at radius 1 is 1.26 bits per heavy atom. The maximum atomic E-state index is 13.8. The molecule has 4 rings (SSSR count). The predicted molar refractivity (Wildman–Crippen MR) is 122 cm³/mol. The Morgan fingerprint density at radius 2 is 2.06 bits per heavy atom. The fourth-order valence-electron chi connectivity index (χ4n) is 2.90. The number of thioether (sulfide) groups is 1. The van der Waals surface area contributed by atoms with Gasteiger partial charge in [-0.2, -0.15) is 11.3 Å². The van der Waals surface area contributed by atoms with Crippen LogP contribution in [0.15, 0.2) is 46.0 Å². The Kier molecular flexibility index (Phi) is 6.30. The normalized spacial score (nSPS) is 15.2. The van der Waals surface area contributed by atoms with E-state index in [1.807, 2.05) is 16.8 Å². The number of amides is 3. The van der Waals surface area contributed by atoms with Crippen molar-refractivity contribution in [1.82, 2.24) is 15.2 Å². The number of carbonyl (C=O) groups excluding carboxylic acids is 3. The first-order valence-electron chi connectivity index (χ1n) is 9.22. The van der Waals surface area contributed by atoms with Crippen LogP contribution < -0.4 is 5.32 Å². The van der Waals surface area contributed by atoms with Gasteiger partial charge in [0.1, 0.15) is 15.7 Å². The maximum Gasteiger partial charge on any atom is 0.293 e. The molecule has 1 aromatic carbocycles. The second-order valence-electron chi connectivity index (χ2n) is 6.56. The van der Waals surface area contributed by atoms with Crippen molar-refractivity contribution in [2.45, 2.75) is 6.92 Å². The number of thiophene rings is 1. The minimum atomic E-state index is -0.499. The Morgan fingerprint density at radius 3 is 2.81 bits per heavy atom. The molecule has 6 nitrogen and oxygen atoms in total. The first-order chi connectivity index (χ1) is 14.9. The van der Waals surface area contributed by atoms with Crippen LogP contribution in [0.2, 0.25) is 0 Å². The zero-order chi connectivity index (χ0) is 22.0. The number of carbonyl (C=O) groups is 3. The lowest BCUT2D eigenvalue weighted by molar-refractivity contribution is -0.122. The standard InChI is InChI=1S/C21H16FN3O3S3/c1-12-17(31-19(24-12)14-6-9-29-11-14)18(26)23-7-8-25-20(27)16(30-21(25)28)10-13-4-2-3-5-15(13)22/h2-6,9-11H,7-8H2,1H3,(H,23,26)/b16-10-. The van der Waals surface area contributed by atoms with Gasteiger partial charge in [0, 0.05) is 29.6 Å². The van der Waals surface area contributed by atoms with Gasteiger partial charge in [0.25, 0.3) is 17.1 Å². The van der Waals surface area contributed by atoms with Crippen molar-refractivity contribution in [3.8, 4) is 10.6 Å². The van der Waals surface area contributed by atoms with E-state index in [4.69, 9.17) is 0 Å². The van der Waals surface area contributed by atoms with Crippen molar-refractivity contribution < 1.29 is 18.8 Å². The maximum absolute atomic E-state index is 13.8. The summed E-state index contributed by atoms with van der Waals surface area (Å²) in [7, 11) is 0. The van der Waals surface area contributed by atoms with Crippen molar-refractivity contribution in [2.75, 3.05) is 13.1 Å². The minimum Gasteiger partial charge on any atom is -0.349 e. The first kappa shape index (κ1) is 21.4. The Bertz CT molecular complexity index is 1190. The van der Waals surface area contributed by atoms with Gasteiger partial charge in [0.05, 0.1) is 10.6 Å². The number of imide groups is 1. The number of aryl methyl sites for hydroxylation is 1. The molecule has 31 heavy (non-hydrogen) atoms. The van der Waals surface area contributed by atoms with Gasteiger partial charge in [0.15, 0.2) is 0 Å². The van der Waals surface area contributed by atoms with Crippen molar-refractivity contribution in [3.05, 3.63) is 67.9 Å². The summed E-state index contributed by atoms with van der Waals surface area (Å²) in [5.41, 5.74) is 1.84. The van der Waals surface area contributed by atoms with E-state index >= 15 is 0 Å². The number of rotatable bonds is 6. The third-order valence-electron chi connectivity index (χ3n) is 4.46. The van der Waals surface area contributed by atoms with Crippen LogP contribution in [0.25, 0.3) is 16.6 Å². The second-order valence-corrected chi connectivity index (χ2v) is 9.33. The Labute approximate surface area is 189 Å². The van der Waals surface area contributed by atoms with E-state index in [1.165, 1.54) is 29.5 Å². The third kappa shape index (κ3) is 4.60. The molecule has 3 amide bonds. The molecular formula is C21H16FN3O3S3.